The van der Waals surface area contributed by atoms with Gasteiger partial charge in [-0.2, -0.15) is 0 Å². The largest absolute Gasteiger partial charge is 0.497 e. The lowest BCUT2D eigenvalue weighted by Gasteiger charge is -2.20. The second kappa shape index (κ2) is 8.42. The minimum atomic E-state index is -1.00. The zero-order valence-corrected chi connectivity index (χ0v) is 15.2. The van der Waals surface area contributed by atoms with Crippen molar-refractivity contribution in [1.29, 1.82) is 0 Å². The van der Waals surface area contributed by atoms with E-state index in [0.717, 1.165) is 0 Å². The first-order valence-corrected chi connectivity index (χ1v) is 8.49. The minimum Gasteiger partial charge on any atom is -0.497 e. The van der Waals surface area contributed by atoms with Crippen LogP contribution in [0.2, 0.25) is 5.02 Å². The molecule has 0 fully saturated rings. The van der Waals surface area contributed by atoms with Gasteiger partial charge in [0.05, 0.1) is 13.4 Å². The summed E-state index contributed by atoms with van der Waals surface area (Å²) >= 11 is 5.89. The first-order chi connectivity index (χ1) is 13.1. The number of anilines is 1. The summed E-state index contributed by atoms with van der Waals surface area (Å²) in [5.74, 6) is -0.0306. The van der Waals surface area contributed by atoms with E-state index in [4.69, 9.17) is 20.8 Å². The number of carbonyl (C=O) groups is 2. The quantitative estimate of drug-likeness (QED) is 0.475. The van der Waals surface area contributed by atoms with E-state index in [1.165, 1.54) is 12.3 Å². The van der Waals surface area contributed by atoms with Crippen LogP contribution in [-0.2, 0) is 0 Å². The Morgan fingerprint density at radius 1 is 1.04 bits per heavy atom. The number of benzene rings is 2. The summed E-state index contributed by atoms with van der Waals surface area (Å²) in [4.78, 5) is 25.3. The molecule has 138 valence electrons. The Hall–Kier alpha value is -3.25. The number of hydrogen-bond acceptors (Lipinski definition) is 5. The van der Waals surface area contributed by atoms with Gasteiger partial charge in [-0.05, 0) is 60.7 Å². The van der Waals surface area contributed by atoms with Gasteiger partial charge in [-0.3, -0.25) is 9.59 Å². The summed E-state index contributed by atoms with van der Waals surface area (Å²) in [6.45, 7) is 0. The predicted octanol–water partition coefficient (Wildman–Crippen LogP) is 3.99. The van der Waals surface area contributed by atoms with Crippen molar-refractivity contribution in [2.24, 2.45) is 0 Å². The maximum atomic E-state index is 12.9. The van der Waals surface area contributed by atoms with Gasteiger partial charge >= 0.3 is 0 Å². The number of halogens is 1. The zero-order valence-electron chi connectivity index (χ0n) is 14.4. The van der Waals surface area contributed by atoms with Crippen LogP contribution in [0.25, 0.3) is 0 Å². The predicted molar refractivity (Wildman–Crippen MR) is 102 cm³/mol. The van der Waals surface area contributed by atoms with Crippen LogP contribution in [0, 0.1) is 0 Å². The third-order valence-electron chi connectivity index (χ3n) is 3.81. The second-order valence-electron chi connectivity index (χ2n) is 5.63. The first kappa shape index (κ1) is 18.5. The molecule has 1 atom stereocenters. The van der Waals surface area contributed by atoms with Crippen molar-refractivity contribution < 1.29 is 18.7 Å². The molecule has 0 unspecified atom stereocenters. The van der Waals surface area contributed by atoms with Crippen LogP contribution in [0.1, 0.15) is 20.9 Å². The normalized spacial score (nSPS) is 11.5. The topological polar surface area (TPSA) is 80.6 Å². The van der Waals surface area contributed by atoms with Crippen LogP contribution in [0.5, 0.6) is 5.75 Å². The van der Waals surface area contributed by atoms with E-state index in [2.05, 4.69) is 10.6 Å². The maximum Gasteiger partial charge on any atom is 0.288 e. The zero-order chi connectivity index (χ0) is 19.2. The highest BCUT2D eigenvalue weighted by molar-refractivity contribution is 6.30. The number of nitrogens with one attached hydrogen (secondary N) is 2. The van der Waals surface area contributed by atoms with E-state index >= 15 is 0 Å². The van der Waals surface area contributed by atoms with Crippen molar-refractivity contribution in [3.63, 3.8) is 0 Å². The molecule has 0 radical (unpaired) electrons. The summed E-state index contributed by atoms with van der Waals surface area (Å²) in [5.41, 5.74) is 1.05. The molecule has 0 saturated carbocycles. The van der Waals surface area contributed by atoms with Crippen LogP contribution in [0.3, 0.4) is 0 Å². The fraction of sp³-hybridized carbons (Fsp3) is 0.100. The number of carbonyl (C=O) groups excluding carboxylic acids is 2. The number of ketones is 1. The van der Waals surface area contributed by atoms with Crippen molar-refractivity contribution in [3.8, 4) is 5.75 Å². The number of Topliss-reactive ketones (excluding diaryl/α,β-unsaturated/α-hetero) is 1. The number of hydrogen-bond donors (Lipinski definition) is 2. The summed E-state index contributed by atoms with van der Waals surface area (Å²) < 4.78 is 10.2. The Bertz CT molecular complexity index is 906. The van der Waals surface area contributed by atoms with E-state index in [1.807, 2.05) is 0 Å². The highest BCUT2D eigenvalue weighted by Gasteiger charge is 2.23. The van der Waals surface area contributed by atoms with E-state index in [1.54, 1.807) is 61.7 Å². The van der Waals surface area contributed by atoms with E-state index in [-0.39, 0.29) is 11.5 Å². The van der Waals surface area contributed by atoms with Gasteiger partial charge in [0.25, 0.3) is 5.91 Å². The van der Waals surface area contributed by atoms with Crippen molar-refractivity contribution in [2.45, 2.75) is 6.17 Å². The number of amides is 1. The van der Waals surface area contributed by atoms with E-state index in [0.29, 0.717) is 22.0 Å². The highest BCUT2D eigenvalue weighted by atomic mass is 35.5. The van der Waals surface area contributed by atoms with Gasteiger partial charge in [-0.15, -0.1) is 0 Å². The van der Waals surface area contributed by atoms with Crippen LogP contribution in [0.15, 0.2) is 71.3 Å². The molecular weight excluding hydrogens is 368 g/mol. The third-order valence-corrected chi connectivity index (χ3v) is 4.06. The van der Waals surface area contributed by atoms with Crippen LogP contribution in [-0.4, -0.2) is 25.0 Å². The molecule has 7 heteroatoms. The monoisotopic (exact) mass is 384 g/mol. The number of ether oxygens (including phenoxy) is 1. The maximum absolute atomic E-state index is 12.9. The number of furan rings is 1. The average Bonchev–Trinajstić information content (AvgIpc) is 3.23. The van der Waals surface area contributed by atoms with Gasteiger partial charge in [-0.25, -0.2) is 0 Å². The molecule has 0 aliphatic rings. The molecule has 3 rings (SSSR count). The van der Waals surface area contributed by atoms with Gasteiger partial charge in [-0.1, -0.05) is 11.6 Å². The Morgan fingerprint density at radius 3 is 2.33 bits per heavy atom. The van der Waals surface area contributed by atoms with Crippen LogP contribution >= 0.6 is 11.6 Å². The summed E-state index contributed by atoms with van der Waals surface area (Å²) in [7, 11) is 1.57. The molecule has 0 spiro atoms. The lowest BCUT2D eigenvalue weighted by Crippen LogP contribution is -2.46. The van der Waals surface area contributed by atoms with Gasteiger partial charge in [0, 0.05) is 16.3 Å². The molecule has 1 aromatic heterocycles. The molecule has 2 aromatic carbocycles. The summed E-state index contributed by atoms with van der Waals surface area (Å²) in [6, 6.07) is 16.6. The lowest BCUT2D eigenvalue weighted by atomic mass is 10.1. The molecular formula is C20H17ClN2O4. The summed E-state index contributed by atoms with van der Waals surface area (Å²) in [6.07, 6.45) is 0.388. The number of methoxy groups -OCH3 is 1. The molecule has 3 aromatic rings. The smallest absolute Gasteiger partial charge is 0.288 e. The molecule has 27 heavy (non-hydrogen) atoms. The SMILES string of the molecule is COc1ccc(N[C@H](NC(=O)c2ccco2)C(=O)c2ccc(Cl)cc2)cc1. The molecule has 0 aliphatic carbocycles. The standard InChI is InChI=1S/C20H17ClN2O4/c1-26-16-10-8-15(9-11-16)22-19(23-20(25)17-3-2-12-27-17)18(24)13-4-6-14(21)7-5-13/h2-12,19,22H,1H3,(H,23,25)/t19-/m1/s1. The van der Waals surface area contributed by atoms with Crippen molar-refractivity contribution in [3.05, 3.63) is 83.3 Å². The fourth-order valence-corrected chi connectivity index (χ4v) is 2.54. The Kier molecular flexibility index (Phi) is 5.78. The van der Waals surface area contributed by atoms with Crippen LogP contribution < -0.4 is 15.4 Å². The Morgan fingerprint density at radius 2 is 1.74 bits per heavy atom. The molecule has 2 N–H and O–H groups in total. The van der Waals surface area contributed by atoms with E-state index < -0.39 is 12.1 Å². The molecule has 1 amide bonds. The van der Waals surface area contributed by atoms with Gasteiger partial charge < -0.3 is 19.8 Å². The second-order valence-corrected chi connectivity index (χ2v) is 6.06. The fourth-order valence-electron chi connectivity index (χ4n) is 2.41. The van der Waals surface area contributed by atoms with Gasteiger partial charge in [0.2, 0.25) is 5.78 Å². The molecule has 0 aliphatic heterocycles. The molecule has 0 saturated heterocycles. The number of rotatable bonds is 7. The molecule has 0 bridgehead atoms. The minimum absolute atomic E-state index is 0.112. The summed E-state index contributed by atoms with van der Waals surface area (Å²) in [5, 5.41) is 6.20. The van der Waals surface area contributed by atoms with Gasteiger partial charge in [0.15, 0.2) is 11.9 Å². The molecule has 1 heterocycles. The van der Waals surface area contributed by atoms with Crippen molar-refractivity contribution >= 4 is 29.0 Å². The highest BCUT2D eigenvalue weighted by Crippen LogP contribution is 2.17. The van der Waals surface area contributed by atoms with E-state index in [9.17, 15) is 9.59 Å². The Balaban J connectivity index is 1.83. The average molecular weight is 385 g/mol. The lowest BCUT2D eigenvalue weighted by molar-refractivity contribution is 0.0853. The molecule has 6 nitrogen and oxygen atoms in total. The first-order valence-electron chi connectivity index (χ1n) is 8.11. The third kappa shape index (κ3) is 4.68. The van der Waals surface area contributed by atoms with Crippen LogP contribution in [0.4, 0.5) is 5.69 Å². The van der Waals surface area contributed by atoms with Crippen molar-refractivity contribution in [1.82, 2.24) is 5.32 Å². The van der Waals surface area contributed by atoms with Gasteiger partial charge in [0.1, 0.15) is 5.75 Å². The van der Waals surface area contributed by atoms with Crippen molar-refractivity contribution in [2.75, 3.05) is 12.4 Å². The Labute approximate surface area is 161 Å².